The Kier molecular flexibility index (Phi) is 8.78. The molecule has 1 aromatic rings. The standard InChI is InChI=1S/C17H24F2N2O3/c1-4-21(5-2)12-11-20-15(22)10-9-13-7-6-8-14(23-3)16(13)24-17(18)19/h6-10,17H,4-5,11-12H2,1-3H3,(H,20,22)/b10-9-. The molecule has 0 radical (unpaired) electrons. The Hall–Kier alpha value is -2.15. The average molecular weight is 342 g/mol. The van der Waals surface area contributed by atoms with E-state index in [0.29, 0.717) is 12.1 Å². The van der Waals surface area contributed by atoms with E-state index in [1.807, 2.05) is 0 Å². The summed E-state index contributed by atoms with van der Waals surface area (Å²) in [4.78, 5) is 14.0. The lowest BCUT2D eigenvalue weighted by atomic mass is 10.1. The lowest BCUT2D eigenvalue weighted by Gasteiger charge is -2.17. The van der Waals surface area contributed by atoms with Gasteiger partial charge in [-0.1, -0.05) is 26.0 Å². The van der Waals surface area contributed by atoms with Gasteiger partial charge in [-0.15, -0.1) is 0 Å². The van der Waals surface area contributed by atoms with Crippen LogP contribution in [-0.2, 0) is 4.79 Å². The van der Waals surface area contributed by atoms with Crippen LogP contribution in [0.4, 0.5) is 8.78 Å². The highest BCUT2D eigenvalue weighted by molar-refractivity contribution is 5.92. The number of hydrogen-bond acceptors (Lipinski definition) is 4. The zero-order valence-electron chi connectivity index (χ0n) is 14.2. The summed E-state index contributed by atoms with van der Waals surface area (Å²) in [6.07, 6.45) is 2.71. The fourth-order valence-electron chi connectivity index (χ4n) is 2.14. The Morgan fingerprint density at radius 3 is 2.62 bits per heavy atom. The van der Waals surface area contributed by atoms with Crippen LogP contribution in [0.25, 0.3) is 6.08 Å². The molecular formula is C17H24F2N2O3. The first-order valence-corrected chi connectivity index (χ1v) is 7.81. The largest absolute Gasteiger partial charge is 0.493 e. The predicted octanol–water partition coefficient (Wildman–Crippen LogP) is 2.77. The highest BCUT2D eigenvalue weighted by Gasteiger charge is 2.13. The quantitative estimate of drug-likeness (QED) is 0.664. The lowest BCUT2D eigenvalue weighted by Crippen LogP contribution is -2.34. The normalized spacial score (nSPS) is 11.3. The molecular weight excluding hydrogens is 318 g/mol. The van der Waals surface area contributed by atoms with Crippen molar-refractivity contribution in [3.63, 3.8) is 0 Å². The number of methoxy groups -OCH3 is 1. The third-order valence-electron chi connectivity index (χ3n) is 3.47. The fourth-order valence-corrected chi connectivity index (χ4v) is 2.14. The minimum atomic E-state index is -2.98. The molecule has 0 saturated heterocycles. The van der Waals surface area contributed by atoms with Crippen LogP contribution < -0.4 is 14.8 Å². The number of para-hydroxylation sites is 1. The molecule has 5 nitrogen and oxygen atoms in total. The molecule has 0 aliphatic carbocycles. The maximum Gasteiger partial charge on any atom is 0.387 e. The molecule has 1 rings (SSSR count). The van der Waals surface area contributed by atoms with Gasteiger partial charge < -0.3 is 19.7 Å². The SMILES string of the molecule is CCN(CC)CCNC(=O)/C=C\c1cccc(OC)c1OC(F)F. The molecule has 24 heavy (non-hydrogen) atoms. The second kappa shape index (κ2) is 10.6. The Bertz CT molecular complexity index is 547. The van der Waals surface area contributed by atoms with Gasteiger partial charge in [0.05, 0.1) is 7.11 Å². The van der Waals surface area contributed by atoms with E-state index < -0.39 is 6.61 Å². The molecule has 1 amide bonds. The van der Waals surface area contributed by atoms with E-state index in [-0.39, 0.29) is 17.4 Å². The van der Waals surface area contributed by atoms with Gasteiger partial charge in [-0.2, -0.15) is 8.78 Å². The first-order chi connectivity index (χ1) is 11.5. The molecule has 0 unspecified atom stereocenters. The smallest absolute Gasteiger partial charge is 0.387 e. The van der Waals surface area contributed by atoms with Gasteiger partial charge >= 0.3 is 6.61 Å². The number of amides is 1. The van der Waals surface area contributed by atoms with E-state index in [0.717, 1.165) is 19.6 Å². The van der Waals surface area contributed by atoms with E-state index in [4.69, 9.17) is 4.74 Å². The molecule has 0 atom stereocenters. The van der Waals surface area contributed by atoms with E-state index >= 15 is 0 Å². The summed E-state index contributed by atoms with van der Waals surface area (Å²) < 4.78 is 34.6. The molecule has 0 aliphatic heterocycles. The molecule has 0 bridgehead atoms. The van der Waals surface area contributed by atoms with Gasteiger partial charge in [-0.25, -0.2) is 0 Å². The summed E-state index contributed by atoms with van der Waals surface area (Å²) in [6.45, 7) is 4.24. The van der Waals surface area contributed by atoms with Crippen LogP contribution in [0.15, 0.2) is 24.3 Å². The summed E-state index contributed by atoms with van der Waals surface area (Å²) >= 11 is 0. The molecule has 7 heteroatoms. The Morgan fingerprint density at radius 2 is 2.04 bits per heavy atom. The van der Waals surface area contributed by atoms with Gasteiger partial charge in [0, 0.05) is 24.7 Å². The van der Waals surface area contributed by atoms with Crippen molar-refractivity contribution >= 4 is 12.0 Å². The molecule has 134 valence electrons. The van der Waals surface area contributed by atoms with Crippen molar-refractivity contribution in [3.8, 4) is 11.5 Å². The van der Waals surface area contributed by atoms with Crippen molar-refractivity contribution < 1.29 is 23.0 Å². The molecule has 0 heterocycles. The first-order valence-electron chi connectivity index (χ1n) is 7.81. The predicted molar refractivity (Wildman–Crippen MR) is 89.5 cm³/mol. The van der Waals surface area contributed by atoms with Crippen molar-refractivity contribution in [1.29, 1.82) is 0 Å². The number of rotatable bonds is 10. The number of carbonyl (C=O) groups excluding carboxylic acids is 1. The number of benzene rings is 1. The molecule has 0 aliphatic rings. The Labute approximate surface area is 141 Å². The second-order valence-electron chi connectivity index (χ2n) is 4.91. The van der Waals surface area contributed by atoms with Gasteiger partial charge in [-0.05, 0) is 25.2 Å². The van der Waals surface area contributed by atoms with Crippen LogP contribution >= 0.6 is 0 Å². The topological polar surface area (TPSA) is 50.8 Å². The van der Waals surface area contributed by atoms with Crippen LogP contribution in [0.5, 0.6) is 11.5 Å². The lowest BCUT2D eigenvalue weighted by molar-refractivity contribution is -0.116. The van der Waals surface area contributed by atoms with Crippen LogP contribution in [0, 0.1) is 0 Å². The zero-order valence-corrected chi connectivity index (χ0v) is 14.2. The van der Waals surface area contributed by atoms with E-state index in [1.165, 1.54) is 25.3 Å². The number of halogens is 2. The number of ether oxygens (including phenoxy) is 2. The van der Waals surface area contributed by atoms with E-state index in [2.05, 4.69) is 28.8 Å². The first kappa shape index (κ1) is 19.9. The average Bonchev–Trinajstić information content (AvgIpc) is 2.57. The number of carbonyl (C=O) groups is 1. The second-order valence-corrected chi connectivity index (χ2v) is 4.91. The Balaban J connectivity index is 2.70. The number of alkyl halides is 2. The van der Waals surface area contributed by atoms with Crippen molar-refractivity contribution in [2.45, 2.75) is 20.5 Å². The van der Waals surface area contributed by atoms with Crippen molar-refractivity contribution in [2.75, 3.05) is 33.3 Å². The Morgan fingerprint density at radius 1 is 1.33 bits per heavy atom. The molecule has 0 saturated carbocycles. The molecule has 0 spiro atoms. The minimum Gasteiger partial charge on any atom is -0.493 e. The third-order valence-corrected chi connectivity index (χ3v) is 3.47. The maximum absolute atomic E-state index is 12.5. The van der Waals surface area contributed by atoms with Crippen molar-refractivity contribution in [3.05, 3.63) is 29.8 Å². The van der Waals surface area contributed by atoms with Crippen molar-refractivity contribution in [1.82, 2.24) is 10.2 Å². The maximum atomic E-state index is 12.5. The van der Waals surface area contributed by atoms with E-state index in [9.17, 15) is 13.6 Å². The molecule has 0 fully saturated rings. The molecule has 0 aromatic heterocycles. The summed E-state index contributed by atoms with van der Waals surface area (Å²) in [6, 6.07) is 4.72. The van der Waals surface area contributed by atoms with Gasteiger partial charge in [-0.3, -0.25) is 4.79 Å². The molecule has 1 aromatic carbocycles. The summed E-state index contributed by atoms with van der Waals surface area (Å²) in [5.74, 6) is -0.213. The van der Waals surface area contributed by atoms with Crippen LogP contribution in [-0.4, -0.2) is 50.7 Å². The highest BCUT2D eigenvalue weighted by Crippen LogP contribution is 2.33. The van der Waals surface area contributed by atoms with Crippen molar-refractivity contribution in [2.24, 2.45) is 0 Å². The van der Waals surface area contributed by atoms with Gasteiger partial charge in [0.25, 0.3) is 0 Å². The minimum absolute atomic E-state index is 0.0952. The number of nitrogens with zero attached hydrogens (tertiary/aromatic N) is 1. The molecule has 1 N–H and O–H groups in total. The van der Waals surface area contributed by atoms with Crippen LogP contribution in [0.3, 0.4) is 0 Å². The highest BCUT2D eigenvalue weighted by atomic mass is 19.3. The summed E-state index contributed by atoms with van der Waals surface area (Å²) in [5.41, 5.74) is 0.341. The van der Waals surface area contributed by atoms with Gasteiger partial charge in [0.15, 0.2) is 11.5 Å². The van der Waals surface area contributed by atoms with Crippen LogP contribution in [0.1, 0.15) is 19.4 Å². The summed E-state index contributed by atoms with van der Waals surface area (Å²) in [5, 5.41) is 2.75. The monoisotopic (exact) mass is 342 g/mol. The van der Waals surface area contributed by atoms with Gasteiger partial charge in [0.1, 0.15) is 0 Å². The zero-order chi connectivity index (χ0) is 17.9. The van der Waals surface area contributed by atoms with Crippen LogP contribution in [0.2, 0.25) is 0 Å². The summed E-state index contributed by atoms with van der Waals surface area (Å²) in [7, 11) is 1.36. The van der Waals surface area contributed by atoms with E-state index in [1.54, 1.807) is 12.1 Å². The number of likely N-dealkylation sites (N-methyl/N-ethyl adjacent to an activating group) is 1. The number of hydrogen-bond donors (Lipinski definition) is 1. The van der Waals surface area contributed by atoms with Gasteiger partial charge in [0.2, 0.25) is 5.91 Å². The number of nitrogens with one attached hydrogen (secondary N) is 1. The fraction of sp³-hybridized carbons (Fsp3) is 0.471. The third kappa shape index (κ3) is 6.54.